The molecule has 49 heavy (non-hydrogen) atoms. The van der Waals surface area contributed by atoms with E-state index in [9.17, 15) is 0 Å². The summed E-state index contributed by atoms with van der Waals surface area (Å²) in [4.78, 5) is 2.86. The van der Waals surface area contributed by atoms with Gasteiger partial charge in [-0.25, -0.2) is 0 Å². The molecule has 2 fully saturated rings. The lowest BCUT2D eigenvalue weighted by molar-refractivity contribution is 0.158. The van der Waals surface area contributed by atoms with Gasteiger partial charge in [0.25, 0.3) is 0 Å². The molecule has 2 nitrogen and oxygen atoms in total. The van der Waals surface area contributed by atoms with E-state index in [0.717, 1.165) is 31.4 Å². The number of hydrogen-bond donors (Lipinski definition) is 0. The SMILES string of the molecule is C1=CCC2C(=C1)C1C=CC=CC1C21c2ccccc2C2C=CC(N(C3=CCCC4=C3CCC=C4)c3cccc4c3C3CCCCC3O4)CC21. The Labute approximate surface area is 292 Å². The normalized spacial score (nSPS) is 37.0. The Morgan fingerprint density at radius 2 is 1.76 bits per heavy atom. The molecule has 9 aliphatic rings. The van der Waals surface area contributed by atoms with Crippen molar-refractivity contribution in [2.75, 3.05) is 4.90 Å². The van der Waals surface area contributed by atoms with Crippen molar-refractivity contribution in [3.05, 3.63) is 154 Å². The molecule has 0 radical (unpaired) electrons. The summed E-state index contributed by atoms with van der Waals surface area (Å²) in [5.41, 5.74) is 12.6. The number of allylic oxidation sites excluding steroid dienone is 14. The molecule has 2 aromatic carbocycles. The molecular formula is C47H47NO. The van der Waals surface area contributed by atoms with Gasteiger partial charge < -0.3 is 9.64 Å². The molecule has 9 atom stereocenters. The van der Waals surface area contributed by atoms with Crippen molar-refractivity contribution < 1.29 is 4.74 Å². The zero-order valence-electron chi connectivity index (χ0n) is 28.5. The topological polar surface area (TPSA) is 12.5 Å². The Morgan fingerprint density at radius 1 is 0.816 bits per heavy atom. The molecule has 0 amide bonds. The van der Waals surface area contributed by atoms with E-state index in [4.69, 9.17) is 4.74 Å². The van der Waals surface area contributed by atoms with Gasteiger partial charge in [0.2, 0.25) is 0 Å². The van der Waals surface area contributed by atoms with Crippen LogP contribution in [0.15, 0.2) is 138 Å². The van der Waals surface area contributed by atoms with Crippen LogP contribution in [0.1, 0.15) is 92.7 Å². The van der Waals surface area contributed by atoms with Crippen LogP contribution in [0.3, 0.4) is 0 Å². The standard InChI is InChI=1S/C47H47NO/c1-2-15-32-30(13-1)14-11-23-42(32)48(43-24-12-26-45-46(43)37-19-6-10-25-44(37)49-45)31-27-28-36-35-18-5-9-22-40(35)47(41(36)29-31)38-20-7-3-16-33(38)34-17-4-8-21-39(34)47/h1,3-5,7-9,12-13,16-18,20,22-24,26-28,31,33,36-39,41,44H,2,6,10-11,14-15,19,21,25,29H2. The minimum atomic E-state index is 0.0909. The number of hydrogen-bond acceptors (Lipinski definition) is 2. The summed E-state index contributed by atoms with van der Waals surface area (Å²) in [7, 11) is 0. The molecule has 11 rings (SSSR count). The second-order valence-corrected chi connectivity index (χ2v) is 16.2. The molecule has 1 heterocycles. The highest BCUT2D eigenvalue weighted by molar-refractivity contribution is 5.71. The zero-order valence-corrected chi connectivity index (χ0v) is 28.5. The van der Waals surface area contributed by atoms with E-state index >= 15 is 0 Å². The van der Waals surface area contributed by atoms with Crippen LogP contribution in [0.2, 0.25) is 0 Å². The van der Waals surface area contributed by atoms with Crippen LogP contribution < -0.4 is 9.64 Å². The predicted molar refractivity (Wildman–Crippen MR) is 200 cm³/mol. The Balaban J connectivity index is 1.09. The molecule has 1 spiro atoms. The summed E-state index contributed by atoms with van der Waals surface area (Å²) in [6.07, 6.45) is 42.1. The van der Waals surface area contributed by atoms with Crippen LogP contribution in [0.25, 0.3) is 0 Å². The van der Waals surface area contributed by atoms with Gasteiger partial charge in [0.15, 0.2) is 0 Å². The highest BCUT2D eigenvalue weighted by Gasteiger charge is 2.65. The van der Waals surface area contributed by atoms with Gasteiger partial charge in [0.05, 0.1) is 6.04 Å². The third-order valence-electron chi connectivity index (χ3n) is 14.3. The van der Waals surface area contributed by atoms with Crippen molar-refractivity contribution in [1.29, 1.82) is 0 Å². The largest absolute Gasteiger partial charge is 0.489 e. The van der Waals surface area contributed by atoms with Crippen LogP contribution in [-0.4, -0.2) is 12.1 Å². The Morgan fingerprint density at radius 3 is 2.76 bits per heavy atom. The lowest BCUT2D eigenvalue weighted by Crippen LogP contribution is -2.47. The fourth-order valence-electron chi connectivity index (χ4n) is 12.6. The first kappa shape index (κ1) is 28.8. The number of rotatable bonds is 3. The van der Waals surface area contributed by atoms with Crippen LogP contribution >= 0.6 is 0 Å². The summed E-state index contributed by atoms with van der Waals surface area (Å²) < 4.78 is 6.78. The Kier molecular flexibility index (Phi) is 6.45. The molecule has 246 valence electrons. The van der Waals surface area contributed by atoms with Gasteiger partial charge >= 0.3 is 0 Å². The van der Waals surface area contributed by atoms with Gasteiger partial charge in [-0.2, -0.15) is 0 Å². The van der Waals surface area contributed by atoms with Crippen LogP contribution in [0, 0.1) is 23.7 Å². The third kappa shape index (κ3) is 3.95. The van der Waals surface area contributed by atoms with Crippen molar-refractivity contribution in [3.8, 4) is 5.75 Å². The van der Waals surface area contributed by atoms with Gasteiger partial charge in [-0.3, -0.25) is 0 Å². The van der Waals surface area contributed by atoms with E-state index < -0.39 is 0 Å². The summed E-state index contributed by atoms with van der Waals surface area (Å²) in [5.74, 6) is 4.18. The fraction of sp³-hybridized carbons (Fsp3) is 0.404. The molecule has 0 saturated heterocycles. The van der Waals surface area contributed by atoms with Gasteiger partial charge in [-0.05, 0) is 110 Å². The van der Waals surface area contributed by atoms with Crippen molar-refractivity contribution in [2.45, 2.75) is 93.6 Å². The molecular weight excluding hydrogens is 595 g/mol. The van der Waals surface area contributed by atoms with Gasteiger partial charge in [0.1, 0.15) is 11.9 Å². The maximum Gasteiger partial charge on any atom is 0.125 e. The Bertz CT molecular complexity index is 1980. The maximum atomic E-state index is 6.78. The van der Waals surface area contributed by atoms with E-state index in [1.54, 1.807) is 27.8 Å². The van der Waals surface area contributed by atoms with Crippen molar-refractivity contribution in [3.63, 3.8) is 0 Å². The second-order valence-electron chi connectivity index (χ2n) is 16.2. The molecule has 8 aliphatic carbocycles. The smallest absolute Gasteiger partial charge is 0.125 e. The molecule has 0 aromatic heterocycles. The third-order valence-corrected chi connectivity index (χ3v) is 14.3. The van der Waals surface area contributed by atoms with E-state index in [1.165, 1.54) is 55.5 Å². The highest BCUT2D eigenvalue weighted by Crippen LogP contribution is 2.70. The van der Waals surface area contributed by atoms with E-state index in [1.807, 2.05) is 0 Å². The number of ether oxygens (including phenoxy) is 1. The number of nitrogens with zero attached hydrogens (tertiary/aromatic N) is 1. The fourth-order valence-corrected chi connectivity index (χ4v) is 12.6. The zero-order chi connectivity index (χ0) is 32.1. The summed E-state index contributed by atoms with van der Waals surface area (Å²) >= 11 is 0. The van der Waals surface area contributed by atoms with Crippen molar-refractivity contribution >= 4 is 5.69 Å². The van der Waals surface area contributed by atoms with Crippen LogP contribution in [-0.2, 0) is 5.41 Å². The molecule has 2 heteroatoms. The summed E-state index contributed by atoms with van der Waals surface area (Å²) in [6.45, 7) is 0. The van der Waals surface area contributed by atoms with E-state index in [2.05, 4.69) is 120 Å². The van der Waals surface area contributed by atoms with Gasteiger partial charge in [-0.1, -0.05) is 115 Å². The van der Waals surface area contributed by atoms with Crippen molar-refractivity contribution in [1.82, 2.24) is 0 Å². The average Bonchev–Trinajstić information content (AvgIpc) is 3.79. The van der Waals surface area contributed by atoms with Gasteiger partial charge in [0, 0.05) is 40.1 Å². The summed E-state index contributed by atoms with van der Waals surface area (Å²) in [5, 5.41) is 0. The number of benzene rings is 2. The number of fused-ring (bicyclic) bond motifs is 13. The lowest BCUT2D eigenvalue weighted by atomic mass is 9.57. The molecule has 9 unspecified atom stereocenters. The molecule has 2 aromatic rings. The highest BCUT2D eigenvalue weighted by atomic mass is 16.5. The molecule has 0 N–H and O–H groups in total. The average molecular weight is 642 g/mol. The molecule has 0 bridgehead atoms. The predicted octanol–water partition coefficient (Wildman–Crippen LogP) is 11.1. The van der Waals surface area contributed by atoms with Gasteiger partial charge in [-0.15, -0.1) is 0 Å². The molecule has 1 aliphatic heterocycles. The van der Waals surface area contributed by atoms with E-state index in [0.29, 0.717) is 47.7 Å². The van der Waals surface area contributed by atoms with Crippen LogP contribution in [0.5, 0.6) is 5.75 Å². The number of anilines is 1. The first-order chi connectivity index (χ1) is 24.3. The quantitative estimate of drug-likeness (QED) is 0.309. The van der Waals surface area contributed by atoms with Crippen molar-refractivity contribution in [2.24, 2.45) is 23.7 Å². The molecule has 2 saturated carbocycles. The second kappa shape index (κ2) is 11.0. The minimum absolute atomic E-state index is 0.0909. The summed E-state index contributed by atoms with van der Waals surface area (Å²) in [6, 6.07) is 16.9. The first-order valence-electron chi connectivity index (χ1n) is 19.5. The minimum Gasteiger partial charge on any atom is -0.489 e. The first-order valence-corrected chi connectivity index (χ1v) is 19.5. The lowest BCUT2D eigenvalue weighted by Gasteiger charge is -2.48. The Hall–Kier alpha value is -4.04. The monoisotopic (exact) mass is 641 g/mol. The van der Waals surface area contributed by atoms with Crippen LogP contribution in [0.4, 0.5) is 5.69 Å². The maximum absolute atomic E-state index is 6.78. The van der Waals surface area contributed by atoms with E-state index in [-0.39, 0.29) is 5.41 Å².